The van der Waals surface area contributed by atoms with Crippen LogP contribution >= 0.6 is 0 Å². The number of aromatic hydroxyl groups is 1. The van der Waals surface area contributed by atoms with Gasteiger partial charge < -0.3 is 10.2 Å². The van der Waals surface area contributed by atoms with Crippen LogP contribution in [0.25, 0.3) is 0 Å². The molecule has 0 fully saturated rings. The van der Waals surface area contributed by atoms with Crippen LogP contribution in [0.15, 0.2) is 0 Å². The number of halogens is 5. The Bertz CT molecular complexity index is 328. The van der Waals surface area contributed by atoms with E-state index in [4.69, 9.17) is 10.2 Å². The lowest BCUT2D eigenvalue weighted by molar-refractivity contribution is -0.136. The van der Waals surface area contributed by atoms with Crippen molar-refractivity contribution in [2.75, 3.05) is 0 Å². The van der Waals surface area contributed by atoms with Gasteiger partial charge in [0.1, 0.15) is 0 Å². The second-order valence-corrected chi connectivity index (χ2v) is 2.67. The molecule has 0 radical (unpaired) electrons. The molecule has 0 saturated carbocycles. The minimum atomic E-state index is -2.29. The quantitative estimate of drug-likeness (QED) is 0.462. The SMILES string of the molecule is CCC(=O)O.Oc1c(F)c(F)c(F)c(F)c1F. The van der Waals surface area contributed by atoms with Gasteiger partial charge in [0.25, 0.3) is 0 Å². The van der Waals surface area contributed by atoms with E-state index < -0.39 is 40.8 Å². The van der Waals surface area contributed by atoms with Crippen LogP contribution in [0.5, 0.6) is 5.75 Å². The number of carboxylic acid groups (broad SMARTS) is 1. The average molecular weight is 258 g/mol. The molecular weight excluding hydrogens is 251 g/mol. The van der Waals surface area contributed by atoms with Crippen LogP contribution in [-0.4, -0.2) is 16.2 Å². The molecule has 0 aliphatic heterocycles. The van der Waals surface area contributed by atoms with Gasteiger partial charge in [-0.2, -0.15) is 8.78 Å². The fourth-order valence-corrected chi connectivity index (χ4v) is 0.593. The maximum Gasteiger partial charge on any atom is 0.303 e. The first kappa shape index (κ1) is 15.1. The topological polar surface area (TPSA) is 57.5 Å². The first-order chi connectivity index (χ1) is 7.73. The molecule has 1 rings (SSSR count). The molecule has 0 saturated heterocycles. The van der Waals surface area contributed by atoms with Crippen molar-refractivity contribution in [1.29, 1.82) is 0 Å². The summed E-state index contributed by atoms with van der Waals surface area (Å²) in [5, 5.41) is 16.0. The molecule has 17 heavy (non-hydrogen) atoms. The zero-order valence-electron chi connectivity index (χ0n) is 8.40. The summed E-state index contributed by atoms with van der Waals surface area (Å²) in [5.41, 5.74) is 0. The van der Waals surface area contributed by atoms with Crippen molar-refractivity contribution in [2.24, 2.45) is 0 Å². The molecular formula is C9H7F5O3. The van der Waals surface area contributed by atoms with E-state index in [1.807, 2.05) is 0 Å². The Kier molecular flexibility index (Phi) is 5.36. The third-order valence-corrected chi connectivity index (χ3v) is 1.49. The highest BCUT2D eigenvalue weighted by molar-refractivity contribution is 5.66. The van der Waals surface area contributed by atoms with Crippen LogP contribution in [0.3, 0.4) is 0 Å². The molecule has 2 N–H and O–H groups in total. The lowest BCUT2D eigenvalue weighted by atomic mass is 10.3. The van der Waals surface area contributed by atoms with E-state index in [0.717, 1.165) is 0 Å². The van der Waals surface area contributed by atoms with Crippen molar-refractivity contribution in [3.05, 3.63) is 29.1 Å². The molecule has 1 aromatic rings. The Balaban J connectivity index is 0.000000437. The molecule has 96 valence electrons. The average Bonchev–Trinajstić information content (AvgIpc) is 2.32. The Hall–Kier alpha value is -1.86. The fraction of sp³-hybridized carbons (Fsp3) is 0.222. The van der Waals surface area contributed by atoms with Crippen molar-refractivity contribution in [2.45, 2.75) is 13.3 Å². The smallest absolute Gasteiger partial charge is 0.303 e. The number of rotatable bonds is 1. The summed E-state index contributed by atoms with van der Waals surface area (Å²) in [6, 6.07) is 0. The molecule has 8 heteroatoms. The van der Waals surface area contributed by atoms with Crippen LogP contribution in [0.4, 0.5) is 22.0 Å². The van der Waals surface area contributed by atoms with E-state index in [9.17, 15) is 26.7 Å². The molecule has 0 bridgehead atoms. The van der Waals surface area contributed by atoms with Crippen molar-refractivity contribution < 1.29 is 37.0 Å². The van der Waals surface area contributed by atoms with Gasteiger partial charge in [-0.25, -0.2) is 13.2 Å². The lowest BCUT2D eigenvalue weighted by Crippen LogP contribution is -2.00. The number of benzene rings is 1. The predicted octanol–water partition coefficient (Wildman–Crippen LogP) is 2.57. The van der Waals surface area contributed by atoms with Gasteiger partial charge in [-0.15, -0.1) is 0 Å². The van der Waals surface area contributed by atoms with E-state index >= 15 is 0 Å². The van der Waals surface area contributed by atoms with Crippen molar-refractivity contribution in [3.63, 3.8) is 0 Å². The highest BCUT2D eigenvalue weighted by Crippen LogP contribution is 2.27. The number of hydrogen-bond acceptors (Lipinski definition) is 2. The minimum Gasteiger partial charge on any atom is -0.503 e. The Morgan fingerprint density at radius 2 is 1.18 bits per heavy atom. The van der Waals surface area contributed by atoms with Gasteiger partial charge in [-0.05, 0) is 0 Å². The molecule has 0 spiro atoms. The molecule has 1 aromatic carbocycles. The van der Waals surface area contributed by atoms with Crippen LogP contribution in [0.2, 0.25) is 0 Å². The number of phenolic OH excluding ortho intramolecular Hbond substituents is 1. The van der Waals surface area contributed by atoms with Gasteiger partial charge in [-0.1, -0.05) is 6.92 Å². The number of aliphatic carboxylic acids is 1. The molecule has 0 unspecified atom stereocenters. The highest BCUT2D eigenvalue weighted by atomic mass is 19.2. The molecule has 3 nitrogen and oxygen atoms in total. The van der Waals surface area contributed by atoms with Gasteiger partial charge in [0.05, 0.1) is 0 Å². The first-order valence-electron chi connectivity index (χ1n) is 4.16. The second-order valence-electron chi connectivity index (χ2n) is 2.67. The summed E-state index contributed by atoms with van der Waals surface area (Å²) < 4.78 is 60.6. The van der Waals surface area contributed by atoms with Crippen molar-refractivity contribution in [1.82, 2.24) is 0 Å². The standard InChI is InChI=1S/C6HF5O.C3H6O2/c7-1-2(8)4(10)6(12)5(11)3(1)9;1-2-3(4)5/h12H;2H2,1H3,(H,4,5). The van der Waals surface area contributed by atoms with E-state index in [1.165, 1.54) is 0 Å². The Morgan fingerprint density at radius 3 is 1.41 bits per heavy atom. The first-order valence-corrected chi connectivity index (χ1v) is 4.16. The molecule has 0 aromatic heterocycles. The van der Waals surface area contributed by atoms with E-state index in [2.05, 4.69) is 0 Å². The molecule has 0 aliphatic rings. The summed E-state index contributed by atoms with van der Waals surface area (Å²) in [6.07, 6.45) is 0.222. The van der Waals surface area contributed by atoms with Gasteiger partial charge in [0.15, 0.2) is 5.75 Å². The van der Waals surface area contributed by atoms with Crippen LogP contribution in [0, 0.1) is 29.1 Å². The van der Waals surface area contributed by atoms with E-state index in [-0.39, 0.29) is 6.42 Å². The minimum absolute atomic E-state index is 0.222. The lowest BCUT2D eigenvalue weighted by Gasteiger charge is -2.00. The van der Waals surface area contributed by atoms with Crippen LogP contribution in [-0.2, 0) is 4.79 Å². The second kappa shape index (κ2) is 6.02. The third kappa shape index (κ3) is 3.58. The molecule has 0 atom stereocenters. The maximum absolute atomic E-state index is 12.2. The van der Waals surface area contributed by atoms with Crippen molar-refractivity contribution in [3.8, 4) is 5.75 Å². The number of phenols is 1. The largest absolute Gasteiger partial charge is 0.503 e. The zero-order valence-corrected chi connectivity index (χ0v) is 8.40. The predicted molar refractivity (Wildman–Crippen MR) is 45.8 cm³/mol. The highest BCUT2D eigenvalue weighted by Gasteiger charge is 2.24. The Labute approximate surface area is 92.1 Å². The summed E-state index contributed by atoms with van der Waals surface area (Å²) in [5.74, 6) is -13.7. The zero-order chi connectivity index (χ0) is 13.7. The van der Waals surface area contributed by atoms with E-state index in [0.29, 0.717) is 0 Å². The molecule has 0 heterocycles. The summed E-state index contributed by atoms with van der Waals surface area (Å²) in [6.45, 7) is 1.60. The van der Waals surface area contributed by atoms with Gasteiger partial charge in [0, 0.05) is 6.42 Å². The molecule has 0 aliphatic carbocycles. The van der Waals surface area contributed by atoms with Crippen molar-refractivity contribution >= 4 is 5.97 Å². The van der Waals surface area contributed by atoms with Crippen LogP contribution in [0.1, 0.15) is 13.3 Å². The fourth-order valence-electron chi connectivity index (χ4n) is 0.593. The molecule has 0 amide bonds. The number of carbonyl (C=O) groups is 1. The van der Waals surface area contributed by atoms with E-state index in [1.54, 1.807) is 6.92 Å². The van der Waals surface area contributed by atoms with Crippen LogP contribution < -0.4 is 0 Å². The third-order valence-electron chi connectivity index (χ3n) is 1.49. The number of hydrogen-bond donors (Lipinski definition) is 2. The Morgan fingerprint density at radius 1 is 0.941 bits per heavy atom. The monoisotopic (exact) mass is 258 g/mol. The normalized spacial score (nSPS) is 9.53. The summed E-state index contributed by atoms with van der Waals surface area (Å²) in [4.78, 5) is 9.37. The summed E-state index contributed by atoms with van der Waals surface area (Å²) >= 11 is 0. The van der Waals surface area contributed by atoms with Gasteiger partial charge in [0.2, 0.25) is 29.1 Å². The van der Waals surface area contributed by atoms with Gasteiger partial charge >= 0.3 is 5.97 Å². The van der Waals surface area contributed by atoms with Gasteiger partial charge in [-0.3, -0.25) is 4.79 Å². The maximum atomic E-state index is 12.2. The number of carboxylic acids is 1. The summed E-state index contributed by atoms with van der Waals surface area (Å²) in [7, 11) is 0.